The number of ether oxygens (including phenoxy) is 2. The van der Waals surface area contributed by atoms with E-state index in [1.165, 1.54) is 50.2 Å². The summed E-state index contributed by atoms with van der Waals surface area (Å²) in [5.41, 5.74) is 16.1. The first-order valence-corrected chi connectivity index (χ1v) is 24.0. The average molecular weight is 1040 g/mol. The largest absolute Gasteiger partial charge is 0.504 e. The highest BCUT2D eigenvalue weighted by molar-refractivity contribution is 7.87. The average Bonchev–Trinajstić information content (AvgIpc) is 3.31. The van der Waals surface area contributed by atoms with Crippen molar-refractivity contribution in [3.8, 4) is 45.5 Å². The predicted molar refractivity (Wildman–Crippen MR) is 260 cm³/mol. The fourth-order valence-corrected chi connectivity index (χ4v) is 8.01. The SMILES string of the molecule is Cc1nc(-c2ccc(C(C)(C)C)c(F)c2O)nc(N)c1C(=O)NC(CNS(N)(=O)=O)C(=O)N(C)[C@@H]1C(=O)N[C@@H](C)C(=O)N[C@H](C(=O)O)Cc2ccc(OCC(O)CN)c(c2)-c2cc1cc(OCC(O)CN)c2O. The number of phenols is 2. The number of halogens is 1. The second kappa shape index (κ2) is 23.1. The summed E-state index contributed by atoms with van der Waals surface area (Å²) in [6.07, 6.45) is -2.79. The van der Waals surface area contributed by atoms with Crippen LogP contribution in [-0.2, 0) is 41.2 Å². The molecule has 73 heavy (non-hydrogen) atoms. The molecule has 0 spiro atoms. The van der Waals surface area contributed by atoms with Crippen molar-refractivity contribution < 1.29 is 71.8 Å². The number of aliphatic hydroxyl groups is 2. The Bertz CT molecular complexity index is 2860. The maximum absolute atomic E-state index is 15.4. The third kappa shape index (κ3) is 13.6. The van der Waals surface area contributed by atoms with Gasteiger partial charge in [0.15, 0.2) is 28.9 Å². The van der Waals surface area contributed by atoms with Crippen LogP contribution in [0.25, 0.3) is 22.5 Å². The summed E-state index contributed by atoms with van der Waals surface area (Å²) < 4.78 is 53.6. The third-order valence-corrected chi connectivity index (χ3v) is 12.1. The number of carboxylic acids is 1. The van der Waals surface area contributed by atoms with E-state index in [2.05, 4.69) is 25.9 Å². The normalized spacial score (nSPS) is 17.5. The molecule has 396 valence electrons. The van der Waals surface area contributed by atoms with Crippen molar-refractivity contribution in [2.45, 2.75) is 82.8 Å². The van der Waals surface area contributed by atoms with Gasteiger partial charge in [0.2, 0.25) is 17.7 Å². The highest BCUT2D eigenvalue weighted by Crippen LogP contribution is 2.45. The topological polar surface area (TPSA) is 420 Å². The van der Waals surface area contributed by atoms with Gasteiger partial charge in [-0.25, -0.2) is 24.3 Å². The molecule has 0 aliphatic carbocycles. The number of carbonyl (C=O) groups is 5. The van der Waals surface area contributed by atoms with Gasteiger partial charge in [0, 0.05) is 44.2 Å². The van der Waals surface area contributed by atoms with E-state index < -0.39 is 129 Å². The van der Waals surface area contributed by atoms with Crippen molar-refractivity contribution in [1.29, 1.82) is 0 Å². The lowest BCUT2D eigenvalue weighted by atomic mass is 9.85. The Morgan fingerprint density at radius 3 is 2.12 bits per heavy atom. The molecule has 25 nitrogen and oxygen atoms in total. The fourth-order valence-electron chi connectivity index (χ4n) is 7.62. The molecule has 3 unspecified atom stereocenters. The highest BCUT2D eigenvalue weighted by atomic mass is 32.2. The molecule has 5 rings (SSSR count). The van der Waals surface area contributed by atoms with Crippen LogP contribution in [0.5, 0.6) is 23.0 Å². The van der Waals surface area contributed by atoms with E-state index in [1.54, 1.807) is 20.8 Å². The molecule has 1 aliphatic heterocycles. The number of amides is 4. The van der Waals surface area contributed by atoms with E-state index >= 15 is 4.39 Å². The summed E-state index contributed by atoms with van der Waals surface area (Å²) in [5.74, 6) is -9.52. The van der Waals surface area contributed by atoms with E-state index in [9.17, 15) is 57.9 Å². The monoisotopic (exact) mass is 1040 g/mol. The van der Waals surface area contributed by atoms with Crippen molar-refractivity contribution >= 4 is 45.6 Å². The molecule has 1 aliphatic rings. The zero-order chi connectivity index (χ0) is 54.4. The van der Waals surface area contributed by atoms with Crippen LogP contribution in [0.15, 0.2) is 42.5 Å². The van der Waals surface area contributed by atoms with Gasteiger partial charge in [-0.15, -0.1) is 0 Å². The number of phenolic OH excluding ortho intramolecular Hbond substituents is 2. The Balaban J connectivity index is 1.68. The Labute approximate surface area is 418 Å². The molecule has 2 heterocycles. The number of carboxylic acid groups (broad SMARTS) is 1. The second-order valence-corrected chi connectivity index (χ2v) is 19.6. The third-order valence-electron chi connectivity index (χ3n) is 11.5. The van der Waals surface area contributed by atoms with Crippen LogP contribution < -0.4 is 52.5 Å². The van der Waals surface area contributed by atoms with E-state index in [4.69, 9.17) is 31.8 Å². The van der Waals surface area contributed by atoms with Gasteiger partial charge in [0.25, 0.3) is 16.1 Å². The van der Waals surface area contributed by atoms with Gasteiger partial charge in [-0.2, -0.15) is 13.1 Å². The summed E-state index contributed by atoms with van der Waals surface area (Å²) in [5, 5.41) is 66.0. The van der Waals surface area contributed by atoms with Crippen molar-refractivity contribution in [1.82, 2.24) is 35.5 Å². The molecule has 0 fully saturated rings. The van der Waals surface area contributed by atoms with Gasteiger partial charge in [-0.05, 0) is 66.3 Å². The Hall–Kier alpha value is -7.27. The highest BCUT2D eigenvalue weighted by Gasteiger charge is 2.38. The number of nitrogen functional groups attached to an aromatic ring is 1. The number of aromatic nitrogens is 2. The van der Waals surface area contributed by atoms with Crippen LogP contribution in [0.1, 0.15) is 66.5 Å². The molecule has 0 radical (unpaired) electrons. The summed E-state index contributed by atoms with van der Waals surface area (Å²) in [4.78, 5) is 78.9. The van der Waals surface area contributed by atoms with Crippen LogP contribution in [0, 0.1) is 12.7 Å². The number of fused-ring (bicyclic) bond motifs is 5. The number of nitrogens with two attached hydrogens (primary N) is 4. The molecule has 1 aromatic heterocycles. The minimum absolute atomic E-state index is 0.00489. The zero-order valence-electron chi connectivity index (χ0n) is 40.6. The quantitative estimate of drug-likeness (QED) is 0.0582. The van der Waals surface area contributed by atoms with Crippen LogP contribution in [0.3, 0.4) is 0 Å². The van der Waals surface area contributed by atoms with Gasteiger partial charge < -0.3 is 73.1 Å². The number of anilines is 1. The smallest absolute Gasteiger partial charge is 0.326 e. The molecule has 3 aromatic carbocycles. The molecule has 6 atom stereocenters. The van der Waals surface area contributed by atoms with Crippen LogP contribution >= 0.6 is 0 Å². The van der Waals surface area contributed by atoms with Crippen LogP contribution in [0.2, 0.25) is 0 Å². The number of rotatable bonds is 17. The second-order valence-electron chi connectivity index (χ2n) is 18.2. The van der Waals surface area contributed by atoms with Crippen molar-refractivity contribution in [2.75, 3.05) is 45.6 Å². The first-order valence-electron chi connectivity index (χ1n) is 22.4. The number of likely N-dealkylation sites (N-methyl/N-ethyl adjacent to an activating group) is 1. The lowest BCUT2D eigenvalue weighted by molar-refractivity contribution is -0.143. The number of aromatic hydroxyl groups is 2. The molecule has 4 amide bonds. The van der Waals surface area contributed by atoms with Gasteiger partial charge in [-0.3, -0.25) is 19.2 Å². The number of hydrogen-bond acceptors (Lipinski definition) is 18. The summed E-state index contributed by atoms with van der Waals surface area (Å²) in [7, 11) is -3.54. The number of benzene rings is 3. The van der Waals surface area contributed by atoms with Crippen LogP contribution in [-0.4, -0.2) is 149 Å². The molecule has 27 heteroatoms. The maximum atomic E-state index is 15.4. The summed E-state index contributed by atoms with van der Waals surface area (Å²) >= 11 is 0. The van der Waals surface area contributed by atoms with E-state index in [0.717, 1.165) is 18.0 Å². The molecular weight excluding hydrogens is 982 g/mol. The minimum Gasteiger partial charge on any atom is -0.504 e. The van der Waals surface area contributed by atoms with Crippen LogP contribution in [0.4, 0.5) is 10.2 Å². The number of carbonyl (C=O) groups excluding carboxylic acids is 4. The molecule has 4 aromatic rings. The van der Waals surface area contributed by atoms with Crippen molar-refractivity contribution in [3.05, 3.63) is 76.2 Å². The number of nitrogens with zero attached hydrogens (tertiary/aromatic N) is 3. The lowest BCUT2D eigenvalue weighted by Gasteiger charge is -2.33. The van der Waals surface area contributed by atoms with E-state index in [0.29, 0.717) is 0 Å². The number of aliphatic hydroxyl groups excluding tert-OH is 2. The van der Waals surface area contributed by atoms with E-state index in [-0.39, 0.29) is 76.8 Å². The first kappa shape index (κ1) is 56.6. The number of nitrogens with one attached hydrogen (secondary N) is 4. The van der Waals surface area contributed by atoms with Gasteiger partial charge >= 0.3 is 5.97 Å². The number of aliphatic carboxylic acids is 1. The molecular formula is C46H60FN11O14S. The van der Waals surface area contributed by atoms with Crippen molar-refractivity contribution in [3.63, 3.8) is 0 Å². The summed E-state index contributed by atoms with van der Waals surface area (Å²) in [6, 6.07) is 2.43. The predicted octanol–water partition coefficient (Wildman–Crippen LogP) is -1.33. The summed E-state index contributed by atoms with van der Waals surface area (Å²) in [6.45, 7) is 5.38. The Morgan fingerprint density at radius 1 is 0.918 bits per heavy atom. The fraction of sp³-hybridized carbons (Fsp3) is 0.413. The Morgan fingerprint density at radius 2 is 1.55 bits per heavy atom. The maximum Gasteiger partial charge on any atom is 0.326 e. The molecule has 0 saturated heterocycles. The zero-order valence-corrected chi connectivity index (χ0v) is 41.4. The lowest BCUT2D eigenvalue weighted by Crippen LogP contribution is -2.57. The minimum atomic E-state index is -4.61. The van der Waals surface area contributed by atoms with Crippen molar-refractivity contribution in [2.24, 2.45) is 16.6 Å². The van der Waals surface area contributed by atoms with Gasteiger partial charge in [-0.1, -0.05) is 32.9 Å². The number of aryl methyl sites for hydroxylation is 1. The molecule has 4 bridgehead atoms. The molecule has 17 N–H and O–H groups in total. The number of hydrogen-bond donors (Lipinski definition) is 13. The molecule has 0 saturated carbocycles. The Kier molecular flexibility index (Phi) is 17.9. The van der Waals surface area contributed by atoms with Gasteiger partial charge in [0.1, 0.15) is 66.7 Å². The standard InChI is InChI=1S/C46H60FN11O14S/c1-20-34(39(50)57-40(53-20)26-8-9-29(46(3,4)5)35(47)38(26)62)42(64)56-31(17-52-73(51,69)70)44(66)58(6)36-23-13-28(37(61)33(14-23)72-19-25(60)16-49)27-11-22(7-10-32(27)71-18-24(59)15-48)12-30(45(67)68)55-41(63)21(2)54-43(36)65/h7-11,13-14,21,24-25,30-31,36,52,59-62H,12,15-19,48-49H2,1-6H3,(H,54,65)(H,55,63)(H,56,64)(H,67,68)(H2,50,53,57)(H2,51,69,70)/t21-,24?,25?,30-,31?,36-/m0/s1. The van der Waals surface area contributed by atoms with Gasteiger partial charge in [0.05, 0.1) is 11.3 Å². The van der Waals surface area contributed by atoms with E-state index in [1.807, 2.05) is 4.72 Å². The first-order chi connectivity index (χ1) is 34.1.